The van der Waals surface area contributed by atoms with Crippen LogP contribution >= 0.6 is 11.6 Å². The first-order chi connectivity index (χ1) is 11.7. The summed E-state index contributed by atoms with van der Waals surface area (Å²) in [6.45, 7) is 3.79. The standard InChI is InChI=1S/C16H19ClN6O/c17-14-5-20-23(10-14)11-16(24)22-7-12-1-4-21(8-13(12)9-22)15-6-18-2-3-19-15/h2-3,5-6,10,12-13H,1,4,7-9,11H2. The van der Waals surface area contributed by atoms with Crippen molar-refractivity contribution in [2.24, 2.45) is 11.8 Å². The first-order valence-corrected chi connectivity index (χ1v) is 8.53. The zero-order chi connectivity index (χ0) is 16.5. The maximum Gasteiger partial charge on any atom is 0.244 e. The van der Waals surface area contributed by atoms with Crippen LogP contribution in [0.25, 0.3) is 0 Å². The second kappa shape index (κ2) is 6.39. The highest BCUT2D eigenvalue weighted by atomic mass is 35.5. The van der Waals surface area contributed by atoms with Gasteiger partial charge in [-0.2, -0.15) is 5.10 Å². The zero-order valence-electron chi connectivity index (χ0n) is 13.3. The molecular weight excluding hydrogens is 328 g/mol. The lowest BCUT2D eigenvalue weighted by atomic mass is 9.89. The molecule has 0 radical (unpaired) electrons. The molecule has 7 nitrogen and oxygen atoms in total. The van der Waals surface area contributed by atoms with E-state index >= 15 is 0 Å². The van der Waals surface area contributed by atoms with Gasteiger partial charge in [-0.15, -0.1) is 0 Å². The van der Waals surface area contributed by atoms with Crippen LogP contribution in [-0.2, 0) is 11.3 Å². The van der Waals surface area contributed by atoms with Crippen molar-refractivity contribution in [3.63, 3.8) is 0 Å². The van der Waals surface area contributed by atoms with Crippen molar-refractivity contribution in [2.45, 2.75) is 13.0 Å². The van der Waals surface area contributed by atoms with Gasteiger partial charge < -0.3 is 9.80 Å². The Kier molecular flexibility index (Phi) is 4.10. The van der Waals surface area contributed by atoms with Gasteiger partial charge in [0, 0.05) is 44.8 Å². The van der Waals surface area contributed by atoms with Gasteiger partial charge in [-0.3, -0.25) is 14.5 Å². The number of hydrogen-bond donors (Lipinski definition) is 0. The molecule has 0 spiro atoms. The highest BCUT2D eigenvalue weighted by Crippen LogP contribution is 2.32. The molecule has 0 saturated carbocycles. The molecule has 0 aromatic carbocycles. The Balaban J connectivity index is 1.38. The van der Waals surface area contributed by atoms with E-state index in [0.717, 1.165) is 38.4 Å². The number of anilines is 1. The number of amides is 1. The SMILES string of the molecule is O=C(Cn1cc(Cl)cn1)N1CC2CCN(c3cnccn3)CC2C1. The second-order valence-corrected chi connectivity index (χ2v) is 6.91. The number of hydrogen-bond acceptors (Lipinski definition) is 5. The number of likely N-dealkylation sites (tertiary alicyclic amines) is 1. The molecule has 0 N–H and O–H groups in total. The molecule has 24 heavy (non-hydrogen) atoms. The van der Waals surface area contributed by atoms with E-state index in [4.69, 9.17) is 11.6 Å². The van der Waals surface area contributed by atoms with E-state index in [1.807, 2.05) is 4.90 Å². The molecule has 126 valence electrons. The van der Waals surface area contributed by atoms with Gasteiger partial charge in [-0.25, -0.2) is 4.98 Å². The van der Waals surface area contributed by atoms with E-state index in [-0.39, 0.29) is 12.5 Å². The molecule has 2 aromatic heterocycles. The lowest BCUT2D eigenvalue weighted by Crippen LogP contribution is -2.40. The van der Waals surface area contributed by atoms with Crippen molar-refractivity contribution in [1.29, 1.82) is 0 Å². The molecule has 1 amide bonds. The van der Waals surface area contributed by atoms with Gasteiger partial charge in [0.1, 0.15) is 12.4 Å². The van der Waals surface area contributed by atoms with Crippen molar-refractivity contribution in [1.82, 2.24) is 24.6 Å². The summed E-state index contributed by atoms with van der Waals surface area (Å²) >= 11 is 5.85. The van der Waals surface area contributed by atoms with Crippen molar-refractivity contribution in [3.05, 3.63) is 36.0 Å². The number of halogens is 1. The number of carbonyl (C=O) groups excluding carboxylic acids is 1. The van der Waals surface area contributed by atoms with Crippen LogP contribution in [0.1, 0.15) is 6.42 Å². The first kappa shape index (κ1) is 15.4. The second-order valence-electron chi connectivity index (χ2n) is 6.47. The van der Waals surface area contributed by atoms with Gasteiger partial charge in [0.2, 0.25) is 5.91 Å². The van der Waals surface area contributed by atoms with E-state index in [1.165, 1.54) is 0 Å². The predicted octanol–water partition coefficient (Wildman–Crippen LogP) is 1.31. The topological polar surface area (TPSA) is 67.2 Å². The third-order valence-electron chi connectivity index (χ3n) is 4.93. The fourth-order valence-electron chi connectivity index (χ4n) is 3.70. The molecule has 2 atom stereocenters. The average Bonchev–Trinajstić information content (AvgIpc) is 3.21. The van der Waals surface area contributed by atoms with Gasteiger partial charge in [0.25, 0.3) is 0 Å². The van der Waals surface area contributed by atoms with Gasteiger partial charge in [0.05, 0.1) is 17.4 Å². The van der Waals surface area contributed by atoms with E-state index in [0.29, 0.717) is 16.9 Å². The zero-order valence-corrected chi connectivity index (χ0v) is 14.0. The highest BCUT2D eigenvalue weighted by Gasteiger charge is 2.39. The van der Waals surface area contributed by atoms with Crippen LogP contribution in [0.5, 0.6) is 0 Å². The van der Waals surface area contributed by atoms with Crippen LogP contribution in [0.15, 0.2) is 31.0 Å². The minimum absolute atomic E-state index is 0.107. The maximum atomic E-state index is 12.5. The molecule has 2 aliphatic heterocycles. The highest BCUT2D eigenvalue weighted by molar-refractivity contribution is 6.30. The lowest BCUT2D eigenvalue weighted by Gasteiger charge is -2.34. The maximum absolute atomic E-state index is 12.5. The van der Waals surface area contributed by atoms with Crippen LogP contribution in [0.4, 0.5) is 5.82 Å². The van der Waals surface area contributed by atoms with Crippen molar-refractivity contribution in [2.75, 3.05) is 31.1 Å². The summed E-state index contributed by atoms with van der Waals surface area (Å²) in [5.41, 5.74) is 0. The fourth-order valence-corrected chi connectivity index (χ4v) is 3.85. The van der Waals surface area contributed by atoms with Crippen LogP contribution in [0.3, 0.4) is 0 Å². The third-order valence-corrected chi connectivity index (χ3v) is 5.12. The fraction of sp³-hybridized carbons (Fsp3) is 0.500. The minimum atomic E-state index is 0.107. The van der Waals surface area contributed by atoms with Crippen LogP contribution in [0, 0.1) is 11.8 Å². The molecular formula is C16H19ClN6O. The quantitative estimate of drug-likeness (QED) is 0.838. The number of carbonyl (C=O) groups is 1. The molecule has 8 heteroatoms. The molecule has 0 bridgehead atoms. The van der Waals surface area contributed by atoms with E-state index in [9.17, 15) is 4.79 Å². The summed E-state index contributed by atoms with van der Waals surface area (Å²) in [5.74, 6) is 2.09. The monoisotopic (exact) mass is 346 g/mol. The van der Waals surface area contributed by atoms with E-state index in [2.05, 4.69) is 20.0 Å². The van der Waals surface area contributed by atoms with Crippen LogP contribution in [0.2, 0.25) is 5.02 Å². The number of piperidine rings is 1. The van der Waals surface area contributed by atoms with E-state index < -0.39 is 0 Å². The minimum Gasteiger partial charge on any atom is -0.355 e. The molecule has 2 unspecified atom stereocenters. The first-order valence-electron chi connectivity index (χ1n) is 8.16. The summed E-state index contributed by atoms with van der Waals surface area (Å²) in [6.07, 6.45) is 9.53. The summed E-state index contributed by atoms with van der Waals surface area (Å²) < 4.78 is 1.60. The molecule has 4 rings (SSSR count). The normalized spacial score (nSPS) is 23.4. The van der Waals surface area contributed by atoms with Crippen molar-refractivity contribution < 1.29 is 4.79 Å². The largest absolute Gasteiger partial charge is 0.355 e. The van der Waals surface area contributed by atoms with Crippen molar-refractivity contribution in [3.8, 4) is 0 Å². The number of aromatic nitrogens is 4. The molecule has 2 fully saturated rings. The van der Waals surface area contributed by atoms with Crippen LogP contribution < -0.4 is 4.90 Å². The van der Waals surface area contributed by atoms with Gasteiger partial charge >= 0.3 is 0 Å². The third kappa shape index (κ3) is 3.08. The predicted molar refractivity (Wildman–Crippen MR) is 89.7 cm³/mol. The van der Waals surface area contributed by atoms with Gasteiger partial charge in [0.15, 0.2) is 0 Å². The number of nitrogens with zero attached hydrogens (tertiary/aromatic N) is 6. The van der Waals surface area contributed by atoms with Gasteiger partial charge in [-0.1, -0.05) is 11.6 Å². The molecule has 0 aliphatic carbocycles. The number of rotatable bonds is 3. The van der Waals surface area contributed by atoms with Crippen molar-refractivity contribution >= 4 is 23.3 Å². The van der Waals surface area contributed by atoms with Crippen LogP contribution in [-0.4, -0.2) is 56.7 Å². The Morgan fingerprint density at radius 1 is 1.21 bits per heavy atom. The summed E-state index contributed by atoms with van der Waals surface area (Å²) in [6, 6.07) is 0. The summed E-state index contributed by atoms with van der Waals surface area (Å²) in [5, 5.41) is 4.64. The Morgan fingerprint density at radius 2 is 2.08 bits per heavy atom. The average molecular weight is 347 g/mol. The Hall–Kier alpha value is -2.15. The summed E-state index contributed by atoms with van der Waals surface area (Å²) in [7, 11) is 0. The number of fused-ring (bicyclic) bond motifs is 1. The Labute approximate surface area is 145 Å². The van der Waals surface area contributed by atoms with E-state index in [1.54, 1.807) is 35.7 Å². The Bertz CT molecular complexity index is 720. The molecule has 2 aromatic rings. The lowest BCUT2D eigenvalue weighted by molar-refractivity contribution is -0.131. The molecule has 2 saturated heterocycles. The summed E-state index contributed by atoms with van der Waals surface area (Å²) in [4.78, 5) is 25.3. The smallest absolute Gasteiger partial charge is 0.244 e. The molecule has 2 aliphatic rings. The molecule has 4 heterocycles. The Morgan fingerprint density at radius 3 is 2.83 bits per heavy atom. The van der Waals surface area contributed by atoms with Gasteiger partial charge in [-0.05, 0) is 18.3 Å².